The standard InChI is InChI=1S/C14H14N4OS2/c1-17-7-6-10(16-17)18-13(19)11-8-4-2-3-5-9(8)21-12(11)15-14(18)20/h6-7H,2-5H2,1H3,(H,15,20). The zero-order chi connectivity index (χ0) is 14.6. The molecular weight excluding hydrogens is 304 g/mol. The largest absolute Gasteiger partial charge is 0.323 e. The molecule has 4 rings (SSSR count). The first-order valence-corrected chi connectivity index (χ1v) is 8.17. The van der Waals surface area contributed by atoms with Gasteiger partial charge in [0.25, 0.3) is 5.56 Å². The number of fused-ring (bicyclic) bond motifs is 3. The summed E-state index contributed by atoms with van der Waals surface area (Å²) in [5.74, 6) is 0.571. The van der Waals surface area contributed by atoms with E-state index >= 15 is 0 Å². The Hall–Kier alpha value is -1.73. The number of hydrogen-bond acceptors (Lipinski definition) is 4. The Morgan fingerprint density at radius 1 is 1.38 bits per heavy atom. The Morgan fingerprint density at radius 3 is 2.95 bits per heavy atom. The van der Waals surface area contributed by atoms with Crippen molar-refractivity contribution in [3.63, 3.8) is 0 Å². The lowest BCUT2D eigenvalue weighted by Gasteiger charge is -2.10. The van der Waals surface area contributed by atoms with Gasteiger partial charge in [-0.1, -0.05) is 0 Å². The molecule has 0 radical (unpaired) electrons. The maximum Gasteiger partial charge on any atom is 0.269 e. The van der Waals surface area contributed by atoms with E-state index in [1.807, 2.05) is 13.2 Å². The minimum absolute atomic E-state index is 0.0492. The lowest BCUT2D eigenvalue weighted by atomic mass is 9.97. The van der Waals surface area contributed by atoms with E-state index in [1.165, 1.54) is 21.4 Å². The minimum atomic E-state index is -0.0492. The van der Waals surface area contributed by atoms with Crippen LogP contribution in [0.4, 0.5) is 0 Å². The first kappa shape index (κ1) is 13.0. The number of thiophene rings is 1. The van der Waals surface area contributed by atoms with Crippen molar-refractivity contribution in [3.8, 4) is 5.82 Å². The SMILES string of the molecule is Cn1ccc(-n2c(=S)[nH]c3sc4c(c3c2=O)CCCC4)n1. The first-order valence-electron chi connectivity index (χ1n) is 6.95. The molecule has 108 valence electrons. The van der Waals surface area contributed by atoms with E-state index in [0.717, 1.165) is 29.5 Å². The average molecular weight is 318 g/mol. The van der Waals surface area contributed by atoms with Crippen LogP contribution in [0.15, 0.2) is 17.1 Å². The van der Waals surface area contributed by atoms with Gasteiger partial charge in [-0.25, -0.2) is 4.57 Å². The number of aromatic nitrogens is 4. The lowest BCUT2D eigenvalue weighted by molar-refractivity contribution is 0.699. The molecular formula is C14H14N4OS2. The predicted molar refractivity (Wildman–Crippen MR) is 86.0 cm³/mol. The molecule has 3 aromatic heterocycles. The van der Waals surface area contributed by atoms with E-state index in [-0.39, 0.29) is 5.56 Å². The maximum atomic E-state index is 12.9. The average Bonchev–Trinajstić information content (AvgIpc) is 3.02. The van der Waals surface area contributed by atoms with Gasteiger partial charge in [-0.15, -0.1) is 11.3 Å². The summed E-state index contributed by atoms with van der Waals surface area (Å²) in [5.41, 5.74) is 1.16. The predicted octanol–water partition coefficient (Wildman–Crippen LogP) is 2.72. The van der Waals surface area contributed by atoms with Crippen LogP contribution >= 0.6 is 23.6 Å². The summed E-state index contributed by atoms with van der Waals surface area (Å²) in [7, 11) is 1.83. The Balaban J connectivity index is 2.09. The van der Waals surface area contributed by atoms with Gasteiger partial charge in [0.1, 0.15) is 4.83 Å². The summed E-state index contributed by atoms with van der Waals surface area (Å²) in [5, 5.41) is 5.10. The fraction of sp³-hybridized carbons (Fsp3) is 0.357. The van der Waals surface area contributed by atoms with Gasteiger partial charge in [0, 0.05) is 24.2 Å². The highest BCUT2D eigenvalue weighted by atomic mass is 32.1. The molecule has 1 N–H and O–H groups in total. The molecule has 0 unspecified atom stereocenters. The van der Waals surface area contributed by atoms with E-state index in [1.54, 1.807) is 22.1 Å². The molecule has 0 atom stereocenters. The van der Waals surface area contributed by atoms with E-state index in [0.29, 0.717) is 10.6 Å². The van der Waals surface area contributed by atoms with Crippen LogP contribution in [0.1, 0.15) is 23.3 Å². The van der Waals surface area contributed by atoms with Crippen LogP contribution in [-0.4, -0.2) is 19.3 Å². The van der Waals surface area contributed by atoms with Crippen molar-refractivity contribution in [2.24, 2.45) is 7.05 Å². The highest BCUT2D eigenvalue weighted by molar-refractivity contribution is 7.71. The Labute approximate surface area is 129 Å². The first-order chi connectivity index (χ1) is 10.1. The highest BCUT2D eigenvalue weighted by Crippen LogP contribution is 2.33. The number of nitrogens with one attached hydrogen (secondary N) is 1. The smallest absolute Gasteiger partial charge is 0.269 e. The van der Waals surface area contributed by atoms with Crippen molar-refractivity contribution in [1.82, 2.24) is 19.3 Å². The second kappa shape index (κ2) is 4.64. The highest BCUT2D eigenvalue weighted by Gasteiger charge is 2.20. The number of H-pyrrole nitrogens is 1. The molecule has 0 aromatic carbocycles. The number of nitrogens with zero attached hydrogens (tertiary/aromatic N) is 3. The second-order valence-electron chi connectivity index (χ2n) is 5.33. The summed E-state index contributed by atoms with van der Waals surface area (Å²) in [6.07, 6.45) is 6.21. The Morgan fingerprint density at radius 2 is 2.19 bits per heavy atom. The monoisotopic (exact) mass is 318 g/mol. The molecule has 3 heterocycles. The van der Waals surface area contributed by atoms with Crippen LogP contribution in [0.3, 0.4) is 0 Å². The van der Waals surface area contributed by atoms with E-state index in [9.17, 15) is 4.79 Å². The van der Waals surface area contributed by atoms with Gasteiger partial charge >= 0.3 is 0 Å². The molecule has 3 aromatic rings. The maximum absolute atomic E-state index is 12.9. The molecule has 0 bridgehead atoms. The van der Waals surface area contributed by atoms with Gasteiger partial charge in [0.2, 0.25) is 0 Å². The van der Waals surface area contributed by atoms with Crippen molar-refractivity contribution >= 4 is 33.8 Å². The zero-order valence-electron chi connectivity index (χ0n) is 11.5. The molecule has 0 fully saturated rings. The molecule has 21 heavy (non-hydrogen) atoms. The molecule has 7 heteroatoms. The Kier molecular flexibility index (Phi) is 2.87. The molecule has 0 spiro atoms. The quantitative estimate of drug-likeness (QED) is 0.702. The summed E-state index contributed by atoms with van der Waals surface area (Å²) < 4.78 is 3.58. The van der Waals surface area contributed by atoms with E-state index in [4.69, 9.17) is 12.2 Å². The fourth-order valence-electron chi connectivity index (χ4n) is 2.97. The van der Waals surface area contributed by atoms with Gasteiger partial charge in [-0.3, -0.25) is 9.48 Å². The van der Waals surface area contributed by atoms with Crippen molar-refractivity contribution in [3.05, 3.63) is 37.8 Å². The van der Waals surface area contributed by atoms with Gasteiger partial charge in [0.15, 0.2) is 10.6 Å². The van der Waals surface area contributed by atoms with Crippen LogP contribution < -0.4 is 5.56 Å². The zero-order valence-corrected chi connectivity index (χ0v) is 13.2. The van der Waals surface area contributed by atoms with Crippen molar-refractivity contribution < 1.29 is 0 Å². The fourth-order valence-corrected chi connectivity index (χ4v) is 4.59. The Bertz CT molecular complexity index is 960. The topological polar surface area (TPSA) is 55.6 Å². The third kappa shape index (κ3) is 1.91. The summed E-state index contributed by atoms with van der Waals surface area (Å²) >= 11 is 7.04. The molecule has 1 aliphatic rings. The van der Waals surface area contributed by atoms with Crippen molar-refractivity contribution in [2.45, 2.75) is 25.7 Å². The third-order valence-corrected chi connectivity index (χ3v) is 5.43. The van der Waals surface area contributed by atoms with Crippen molar-refractivity contribution in [2.75, 3.05) is 0 Å². The summed E-state index contributed by atoms with van der Waals surface area (Å²) in [6.45, 7) is 0. The molecule has 0 saturated heterocycles. The van der Waals surface area contributed by atoms with Crippen LogP contribution in [0, 0.1) is 4.77 Å². The van der Waals surface area contributed by atoms with Crippen molar-refractivity contribution in [1.29, 1.82) is 0 Å². The molecule has 1 aliphatic carbocycles. The minimum Gasteiger partial charge on any atom is -0.323 e. The number of rotatable bonds is 1. The lowest BCUT2D eigenvalue weighted by Crippen LogP contribution is -2.21. The summed E-state index contributed by atoms with van der Waals surface area (Å²) in [4.78, 5) is 18.4. The molecule has 0 aliphatic heterocycles. The number of aryl methyl sites for hydroxylation is 3. The number of aromatic amines is 1. The van der Waals surface area contributed by atoms with Gasteiger partial charge in [-0.2, -0.15) is 5.10 Å². The van der Waals surface area contributed by atoms with Gasteiger partial charge < -0.3 is 4.98 Å². The van der Waals surface area contributed by atoms with Crippen LogP contribution in [0.25, 0.3) is 16.0 Å². The van der Waals surface area contributed by atoms with Gasteiger partial charge in [-0.05, 0) is 43.5 Å². The van der Waals surface area contributed by atoms with Gasteiger partial charge in [0.05, 0.1) is 5.39 Å². The molecule has 5 nitrogen and oxygen atoms in total. The van der Waals surface area contributed by atoms with E-state index < -0.39 is 0 Å². The van der Waals surface area contributed by atoms with Crippen LogP contribution in [0.5, 0.6) is 0 Å². The number of hydrogen-bond donors (Lipinski definition) is 1. The molecule has 0 saturated carbocycles. The third-order valence-electron chi connectivity index (χ3n) is 3.94. The normalized spacial score (nSPS) is 14.5. The van der Waals surface area contributed by atoms with Crippen LogP contribution in [0.2, 0.25) is 0 Å². The van der Waals surface area contributed by atoms with E-state index in [2.05, 4.69) is 10.1 Å². The second-order valence-corrected chi connectivity index (χ2v) is 6.83. The molecule has 0 amide bonds. The van der Waals surface area contributed by atoms with Crippen LogP contribution in [-0.2, 0) is 19.9 Å². The summed E-state index contributed by atoms with van der Waals surface area (Å²) in [6, 6.07) is 1.80.